The van der Waals surface area contributed by atoms with Crippen molar-refractivity contribution in [3.63, 3.8) is 0 Å². The summed E-state index contributed by atoms with van der Waals surface area (Å²) in [5.74, 6) is -1.92. The Balaban J connectivity index is 2.01. The lowest BCUT2D eigenvalue weighted by Crippen LogP contribution is -2.41. The molecule has 0 spiro atoms. The average Bonchev–Trinajstić information content (AvgIpc) is 3.07. The number of carbonyl (C=O) groups is 1. The predicted molar refractivity (Wildman–Crippen MR) is 119 cm³/mol. The van der Waals surface area contributed by atoms with Crippen LogP contribution in [0.25, 0.3) is 5.57 Å². The molecule has 4 N–H and O–H groups in total. The van der Waals surface area contributed by atoms with Crippen LogP contribution in [-0.4, -0.2) is 31.8 Å². The van der Waals surface area contributed by atoms with Crippen molar-refractivity contribution in [3.8, 4) is 5.75 Å². The van der Waals surface area contributed by atoms with Gasteiger partial charge >= 0.3 is 0 Å². The van der Waals surface area contributed by atoms with Gasteiger partial charge in [-0.2, -0.15) is 0 Å². The van der Waals surface area contributed by atoms with Crippen LogP contribution in [0.1, 0.15) is 29.5 Å². The number of methoxy groups -OCH3 is 1. The van der Waals surface area contributed by atoms with Crippen LogP contribution in [0, 0.1) is 5.82 Å². The van der Waals surface area contributed by atoms with Gasteiger partial charge in [-0.15, -0.1) is 0 Å². The number of alkyl halides is 1. The van der Waals surface area contributed by atoms with Gasteiger partial charge in [0.25, 0.3) is 0 Å². The minimum absolute atomic E-state index is 0.0492. The minimum Gasteiger partial charge on any atom is -0.480 e. The second-order valence-electron chi connectivity index (χ2n) is 7.90. The first kappa shape index (κ1) is 22.5. The Morgan fingerprint density at radius 2 is 2.00 bits per heavy atom. The number of amides is 1. The first-order valence-electron chi connectivity index (χ1n) is 10.1. The van der Waals surface area contributed by atoms with Crippen LogP contribution in [0.15, 0.2) is 54.1 Å². The lowest BCUT2D eigenvalue weighted by molar-refractivity contribution is -0.114. The normalized spacial score (nSPS) is 26.8. The SMILES string of the molecule is COC1C=CC(C(N)=O)=C(c2c(Cl)c(F)cc3c2[C@H](C)[C@@](CN)(c2ccccc2)O3)C1F. The topological polar surface area (TPSA) is 87.6 Å². The van der Waals surface area contributed by atoms with E-state index >= 15 is 4.39 Å². The van der Waals surface area contributed by atoms with Crippen molar-refractivity contribution in [2.24, 2.45) is 11.5 Å². The van der Waals surface area contributed by atoms with E-state index in [0.29, 0.717) is 5.56 Å². The zero-order chi connectivity index (χ0) is 23.2. The van der Waals surface area contributed by atoms with Gasteiger partial charge in [0.15, 0.2) is 11.8 Å². The van der Waals surface area contributed by atoms with E-state index in [2.05, 4.69) is 0 Å². The predicted octanol–water partition coefficient (Wildman–Crippen LogP) is 3.99. The first-order valence-corrected chi connectivity index (χ1v) is 10.5. The molecular weight excluding hydrogens is 438 g/mol. The highest BCUT2D eigenvalue weighted by Gasteiger charge is 2.50. The summed E-state index contributed by atoms with van der Waals surface area (Å²) < 4.78 is 42.0. The lowest BCUT2D eigenvalue weighted by Gasteiger charge is -2.33. The fourth-order valence-electron chi connectivity index (χ4n) is 4.65. The number of nitrogens with two attached hydrogens (primary N) is 2. The summed E-state index contributed by atoms with van der Waals surface area (Å²) >= 11 is 6.40. The molecule has 1 aliphatic carbocycles. The van der Waals surface area contributed by atoms with Crippen LogP contribution in [0.5, 0.6) is 5.75 Å². The highest BCUT2D eigenvalue weighted by atomic mass is 35.5. The van der Waals surface area contributed by atoms with Gasteiger partial charge in [0.05, 0.1) is 5.02 Å². The van der Waals surface area contributed by atoms with E-state index in [9.17, 15) is 9.18 Å². The second-order valence-corrected chi connectivity index (χ2v) is 8.27. The monoisotopic (exact) mass is 460 g/mol. The molecule has 0 bridgehead atoms. The number of halogens is 3. The molecular formula is C24H23ClF2N2O3. The Labute approximate surface area is 189 Å². The Kier molecular flexibility index (Phi) is 5.83. The molecule has 2 unspecified atom stereocenters. The molecule has 1 amide bonds. The molecule has 0 saturated heterocycles. The Morgan fingerprint density at radius 1 is 1.31 bits per heavy atom. The van der Waals surface area contributed by atoms with E-state index < -0.39 is 35.5 Å². The van der Waals surface area contributed by atoms with Gasteiger partial charge in [0, 0.05) is 47.9 Å². The van der Waals surface area contributed by atoms with Crippen LogP contribution < -0.4 is 16.2 Å². The van der Waals surface area contributed by atoms with Crippen LogP contribution in [-0.2, 0) is 15.1 Å². The van der Waals surface area contributed by atoms with E-state index in [0.717, 1.165) is 5.56 Å². The molecule has 4 rings (SSSR count). The van der Waals surface area contributed by atoms with Gasteiger partial charge in [-0.1, -0.05) is 61.0 Å². The number of benzene rings is 2. The number of carbonyl (C=O) groups excluding carboxylic acids is 1. The molecule has 1 aliphatic heterocycles. The maximum absolute atomic E-state index is 15.6. The molecule has 2 aliphatic rings. The molecule has 8 heteroatoms. The maximum Gasteiger partial charge on any atom is 0.249 e. The van der Waals surface area contributed by atoms with Gasteiger partial charge in [-0.25, -0.2) is 8.78 Å². The van der Waals surface area contributed by atoms with Crippen molar-refractivity contribution >= 4 is 23.1 Å². The van der Waals surface area contributed by atoms with Crippen LogP contribution in [0.2, 0.25) is 5.02 Å². The van der Waals surface area contributed by atoms with Gasteiger partial charge in [0.1, 0.15) is 17.7 Å². The van der Waals surface area contributed by atoms with E-state index in [4.69, 9.17) is 32.5 Å². The summed E-state index contributed by atoms with van der Waals surface area (Å²) in [7, 11) is 1.34. The van der Waals surface area contributed by atoms with Crippen molar-refractivity contribution in [3.05, 3.63) is 81.7 Å². The fraction of sp³-hybridized carbons (Fsp3) is 0.292. The molecule has 5 nitrogen and oxygen atoms in total. The Bertz CT molecular complexity index is 1140. The molecule has 4 atom stereocenters. The summed E-state index contributed by atoms with van der Waals surface area (Å²) in [5.41, 5.74) is 11.8. The second kappa shape index (κ2) is 8.31. The number of fused-ring (bicyclic) bond motifs is 1. The number of ether oxygens (including phenoxy) is 2. The van der Waals surface area contributed by atoms with Crippen molar-refractivity contribution in [2.75, 3.05) is 13.7 Å². The smallest absolute Gasteiger partial charge is 0.249 e. The van der Waals surface area contributed by atoms with E-state index in [1.54, 1.807) is 0 Å². The zero-order valence-corrected chi connectivity index (χ0v) is 18.3. The number of hydrogen-bond donors (Lipinski definition) is 2. The molecule has 1 heterocycles. The zero-order valence-electron chi connectivity index (χ0n) is 17.6. The largest absolute Gasteiger partial charge is 0.480 e. The minimum atomic E-state index is -1.80. The summed E-state index contributed by atoms with van der Waals surface area (Å²) in [6, 6.07) is 10.5. The number of hydrogen-bond acceptors (Lipinski definition) is 4. The van der Waals surface area contributed by atoms with Crippen LogP contribution >= 0.6 is 11.6 Å². The van der Waals surface area contributed by atoms with E-state index in [1.165, 1.54) is 25.3 Å². The number of rotatable bonds is 5. The highest BCUT2D eigenvalue weighted by Crippen LogP contribution is 2.55. The summed E-state index contributed by atoms with van der Waals surface area (Å²) in [6.07, 6.45) is -0.0131. The maximum atomic E-state index is 15.6. The van der Waals surface area contributed by atoms with E-state index in [1.807, 2.05) is 37.3 Å². The summed E-state index contributed by atoms with van der Waals surface area (Å²) in [5, 5.41) is -0.318. The quantitative estimate of drug-likeness (QED) is 0.706. The third kappa shape index (κ3) is 3.23. The van der Waals surface area contributed by atoms with Crippen molar-refractivity contribution in [2.45, 2.75) is 30.7 Å². The Hall–Kier alpha value is -2.74. The molecule has 32 heavy (non-hydrogen) atoms. The molecule has 2 aromatic rings. The lowest BCUT2D eigenvalue weighted by atomic mass is 9.76. The molecule has 2 aromatic carbocycles. The van der Waals surface area contributed by atoms with Crippen LogP contribution in [0.4, 0.5) is 8.78 Å². The average molecular weight is 461 g/mol. The van der Waals surface area contributed by atoms with Crippen molar-refractivity contribution < 1.29 is 23.0 Å². The third-order valence-electron chi connectivity index (χ3n) is 6.33. The van der Waals surface area contributed by atoms with Gasteiger partial charge < -0.3 is 20.9 Å². The van der Waals surface area contributed by atoms with Gasteiger partial charge in [0.2, 0.25) is 5.91 Å². The Morgan fingerprint density at radius 3 is 2.59 bits per heavy atom. The molecule has 168 valence electrons. The molecule has 0 aromatic heterocycles. The third-order valence-corrected chi connectivity index (χ3v) is 6.70. The molecule has 0 radical (unpaired) electrons. The molecule has 0 saturated carbocycles. The van der Waals surface area contributed by atoms with Crippen LogP contribution in [0.3, 0.4) is 0 Å². The summed E-state index contributed by atoms with van der Waals surface area (Å²) in [4.78, 5) is 12.2. The van der Waals surface area contributed by atoms with Crippen molar-refractivity contribution in [1.82, 2.24) is 0 Å². The van der Waals surface area contributed by atoms with E-state index in [-0.39, 0.29) is 34.0 Å². The van der Waals surface area contributed by atoms with Gasteiger partial charge in [-0.3, -0.25) is 4.79 Å². The summed E-state index contributed by atoms with van der Waals surface area (Å²) in [6.45, 7) is 1.93. The van der Waals surface area contributed by atoms with Crippen molar-refractivity contribution in [1.29, 1.82) is 0 Å². The molecule has 0 fully saturated rings. The number of primary amides is 1. The van der Waals surface area contributed by atoms with Gasteiger partial charge in [-0.05, 0) is 5.56 Å². The highest BCUT2D eigenvalue weighted by molar-refractivity contribution is 6.33. The standard InChI is InChI=1S/C24H23ClF2N2O3/c1-12-18-17(32-24(12,11-28)13-6-4-3-5-7-13)10-15(26)21(25)20(18)19-14(23(29)30)8-9-16(31-2)22(19)27/h3-10,12,16,22H,11,28H2,1-2H3,(H2,29,30)/t12-,16?,22?,24-/m0/s1. The fourth-order valence-corrected chi connectivity index (χ4v) is 4.91. The first-order chi connectivity index (χ1) is 15.3.